The molecule has 0 aliphatic carbocycles. The molecular weight excluding hydrogens is 401 g/mol. The van der Waals surface area contributed by atoms with Crippen LogP contribution in [0, 0.1) is 0 Å². The number of hydrogen-bond acceptors (Lipinski definition) is 5. The molecule has 0 fully saturated rings. The molecule has 0 aromatic heterocycles. The van der Waals surface area contributed by atoms with Gasteiger partial charge in [0.2, 0.25) is 10.0 Å². The number of alkyl halides is 3. The average Bonchev–Trinajstić information content (AvgIpc) is 2.60. The molecule has 0 aliphatic rings. The Morgan fingerprint density at radius 2 is 1.57 bits per heavy atom. The molecule has 0 unspecified atom stereocenters. The number of benzene rings is 2. The number of rotatable bonds is 5. The van der Waals surface area contributed by atoms with Crippen LogP contribution >= 0.6 is 0 Å². The second-order valence-electron chi connectivity index (χ2n) is 5.68. The second-order valence-corrected chi connectivity index (χ2v) is 7.24. The van der Waals surface area contributed by atoms with Gasteiger partial charge in [0.1, 0.15) is 0 Å². The van der Waals surface area contributed by atoms with Crippen molar-refractivity contribution in [3.8, 4) is 0 Å². The molecule has 0 saturated heterocycles. The van der Waals surface area contributed by atoms with Crippen LogP contribution < -0.4 is 10.5 Å². The lowest BCUT2D eigenvalue weighted by molar-refractivity contribution is -0.137. The molecule has 0 aliphatic heterocycles. The van der Waals surface area contributed by atoms with Crippen molar-refractivity contribution in [2.45, 2.75) is 24.1 Å². The lowest BCUT2D eigenvalue weighted by Crippen LogP contribution is -2.30. The maximum Gasteiger partial charge on any atom is 0.416 e. The smallest absolute Gasteiger partial charge is 0.416 e. The van der Waals surface area contributed by atoms with Crippen LogP contribution in [-0.2, 0) is 25.7 Å². The Hall–Kier alpha value is -2.92. The quantitative estimate of drug-likeness (QED) is 0.727. The molecule has 11 heteroatoms. The molecule has 150 valence electrons. The van der Waals surface area contributed by atoms with Crippen molar-refractivity contribution >= 4 is 27.6 Å². The number of anilines is 1. The number of sulfonamides is 1. The second kappa shape index (κ2) is 7.98. The Morgan fingerprint density at radius 1 is 1.04 bits per heavy atom. The fourth-order valence-electron chi connectivity index (χ4n) is 2.05. The fraction of sp³-hybridized carbons (Fsp3) is 0.176. The summed E-state index contributed by atoms with van der Waals surface area (Å²) >= 11 is 0. The molecule has 0 spiro atoms. The SMILES string of the molecule is C[C@@H](OC(=O)c1ccc(S(N)(=O)=O)cc1)C(=O)Nc1ccc(C(F)(F)F)cc1. The fourth-order valence-corrected chi connectivity index (χ4v) is 2.56. The molecule has 0 saturated carbocycles. The number of primary sulfonamides is 1. The van der Waals surface area contributed by atoms with E-state index in [1.54, 1.807) is 0 Å². The van der Waals surface area contributed by atoms with Gasteiger partial charge in [0.25, 0.3) is 5.91 Å². The van der Waals surface area contributed by atoms with Gasteiger partial charge in [-0.25, -0.2) is 18.4 Å². The van der Waals surface area contributed by atoms with Crippen LogP contribution in [0.1, 0.15) is 22.8 Å². The minimum Gasteiger partial charge on any atom is -0.449 e. The monoisotopic (exact) mass is 416 g/mol. The van der Waals surface area contributed by atoms with E-state index in [4.69, 9.17) is 9.88 Å². The van der Waals surface area contributed by atoms with Crippen LogP contribution in [-0.4, -0.2) is 26.4 Å². The van der Waals surface area contributed by atoms with E-state index in [1.807, 2.05) is 0 Å². The van der Waals surface area contributed by atoms with E-state index >= 15 is 0 Å². The van der Waals surface area contributed by atoms with E-state index in [1.165, 1.54) is 19.1 Å². The zero-order chi connectivity index (χ0) is 21.1. The summed E-state index contributed by atoms with van der Waals surface area (Å²) in [6, 6.07) is 8.31. The Kier molecular flexibility index (Phi) is 6.10. The van der Waals surface area contributed by atoms with Crippen LogP contribution in [0.4, 0.5) is 18.9 Å². The molecule has 0 heterocycles. The first-order valence-corrected chi connectivity index (χ1v) is 9.24. The van der Waals surface area contributed by atoms with E-state index < -0.39 is 39.7 Å². The highest BCUT2D eigenvalue weighted by atomic mass is 32.2. The maximum atomic E-state index is 12.5. The van der Waals surface area contributed by atoms with Crippen molar-refractivity contribution in [3.63, 3.8) is 0 Å². The minimum absolute atomic E-state index is 0.0124. The number of hydrogen-bond donors (Lipinski definition) is 2. The van der Waals surface area contributed by atoms with Crippen LogP contribution in [0.2, 0.25) is 0 Å². The van der Waals surface area contributed by atoms with E-state index in [-0.39, 0.29) is 16.1 Å². The first kappa shape index (κ1) is 21.4. The van der Waals surface area contributed by atoms with Crippen molar-refractivity contribution in [1.29, 1.82) is 0 Å². The van der Waals surface area contributed by atoms with Gasteiger partial charge in [-0.3, -0.25) is 4.79 Å². The lowest BCUT2D eigenvalue weighted by atomic mass is 10.2. The molecular formula is C17H15F3N2O5S. The van der Waals surface area contributed by atoms with Crippen molar-refractivity contribution < 1.29 is 35.9 Å². The van der Waals surface area contributed by atoms with Gasteiger partial charge in [0.05, 0.1) is 16.0 Å². The maximum absolute atomic E-state index is 12.5. The number of amides is 1. The minimum atomic E-state index is -4.50. The zero-order valence-corrected chi connectivity index (χ0v) is 15.2. The van der Waals surface area contributed by atoms with Gasteiger partial charge in [0, 0.05) is 5.69 Å². The van der Waals surface area contributed by atoms with Crippen molar-refractivity contribution in [2.24, 2.45) is 5.14 Å². The molecule has 1 amide bonds. The molecule has 2 aromatic carbocycles. The number of nitrogens with two attached hydrogens (primary N) is 1. The standard InChI is InChI=1S/C17H15F3N2O5S/c1-10(15(23)22-13-6-4-12(5-7-13)17(18,19)20)27-16(24)11-2-8-14(9-3-11)28(21,25)26/h2-10H,1H3,(H,22,23)(H2,21,25,26)/t10-/m1/s1. The van der Waals surface area contributed by atoms with Crippen molar-refractivity contribution in [2.75, 3.05) is 5.32 Å². The van der Waals surface area contributed by atoms with Gasteiger partial charge >= 0.3 is 12.1 Å². The third kappa shape index (κ3) is 5.54. The molecule has 0 radical (unpaired) electrons. The third-order valence-corrected chi connectivity index (χ3v) is 4.48. The largest absolute Gasteiger partial charge is 0.449 e. The first-order chi connectivity index (χ1) is 12.9. The van der Waals surface area contributed by atoms with Crippen LogP contribution in [0.3, 0.4) is 0 Å². The third-order valence-electron chi connectivity index (χ3n) is 3.55. The van der Waals surface area contributed by atoms with Gasteiger partial charge in [-0.15, -0.1) is 0 Å². The van der Waals surface area contributed by atoms with Gasteiger partial charge in [-0.05, 0) is 55.5 Å². The Bertz CT molecular complexity index is 971. The van der Waals surface area contributed by atoms with Gasteiger partial charge < -0.3 is 10.1 Å². The molecule has 7 nitrogen and oxygen atoms in total. The highest BCUT2D eigenvalue weighted by Crippen LogP contribution is 2.29. The normalized spacial score (nSPS) is 12.9. The summed E-state index contributed by atoms with van der Waals surface area (Å²) in [4.78, 5) is 23.9. The number of carbonyl (C=O) groups excluding carboxylic acids is 2. The Morgan fingerprint density at radius 3 is 2.04 bits per heavy atom. The van der Waals surface area contributed by atoms with Crippen molar-refractivity contribution in [1.82, 2.24) is 0 Å². The summed E-state index contributed by atoms with van der Waals surface area (Å²) in [5.74, 6) is -1.65. The van der Waals surface area contributed by atoms with Gasteiger partial charge in [0.15, 0.2) is 6.10 Å². The number of nitrogens with one attached hydrogen (secondary N) is 1. The summed E-state index contributed by atoms with van der Waals surface area (Å²) < 4.78 is 64.9. The van der Waals surface area contributed by atoms with Gasteiger partial charge in [-0.1, -0.05) is 0 Å². The van der Waals surface area contributed by atoms with E-state index in [9.17, 15) is 31.2 Å². The predicted octanol–water partition coefficient (Wildman–Crippen LogP) is 2.54. The lowest BCUT2D eigenvalue weighted by Gasteiger charge is -2.14. The average molecular weight is 416 g/mol. The Labute approximate surface area is 158 Å². The number of halogens is 3. The molecule has 2 rings (SSSR count). The van der Waals surface area contributed by atoms with E-state index in [0.29, 0.717) is 0 Å². The van der Waals surface area contributed by atoms with Crippen LogP contribution in [0.5, 0.6) is 0 Å². The summed E-state index contributed by atoms with van der Waals surface area (Å²) in [7, 11) is -3.92. The number of ether oxygens (including phenoxy) is 1. The summed E-state index contributed by atoms with van der Waals surface area (Å²) in [5, 5.41) is 7.28. The summed E-state index contributed by atoms with van der Waals surface area (Å²) in [6.07, 6.45) is -5.75. The highest BCUT2D eigenvalue weighted by molar-refractivity contribution is 7.89. The molecule has 2 aromatic rings. The van der Waals surface area contributed by atoms with E-state index in [0.717, 1.165) is 36.4 Å². The van der Waals surface area contributed by atoms with Crippen molar-refractivity contribution in [3.05, 3.63) is 59.7 Å². The predicted molar refractivity (Wildman–Crippen MR) is 92.8 cm³/mol. The zero-order valence-electron chi connectivity index (χ0n) is 14.4. The molecule has 3 N–H and O–H groups in total. The summed E-state index contributed by atoms with van der Waals surface area (Å²) in [5.41, 5.74) is -0.784. The molecule has 28 heavy (non-hydrogen) atoms. The summed E-state index contributed by atoms with van der Waals surface area (Å²) in [6.45, 7) is 1.27. The number of carbonyl (C=O) groups is 2. The highest BCUT2D eigenvalue weighted by Gasteiger charge is 2.30. The van der Waals surface area contributed by atoms with Gasteiger partial charge in [-0.2, -0.15) is 13.2 Å². The van der Waals surface area contributed by atoms with Crippen LogP contribution in [0.15, 0.2) is 53.4 Å². The van der Waals surface area contributed by atoms with Crippen LogP contribution in [0.25, 0.3) is 0 Å². The Balaban J connectivity index is 1.99. The van der Waals surface area contributed by atoms with E-state index in [2.05, 4.69) is 5.32 Å². The number of esters is 1. The molecule has 0 bridgehead atoms. The first-order valence-electron chi connectivity index (χ1n) is 7.70. The topological polar surface area (TPSA) is 116 Å². The molecule has 1 atom stereocenters.